The number of nitrogens with one attached hydrogen (secondary N) is 1. The fraction of sp³-hybridized carbons (Fsp3) is 0.545. The molecule has 1 aliphatic rings. The van der Waals surface area contributed by atoms with Crippen LogP contribution in [0.3, 0.4) is 0 Å². The van der Waals surface area contributed by atoms with Crippen LogP contribution in [0.2, 0.25) is 0 Å². The summed E-state index contributed by atoms with van der Waals surface area (Å²) in [6.45, 7) is 3.28. The molecule has 2 aromatic rings. The Morgan fingerprint density at radius 2 is 2.05 bits per heavy atom. The van der Waals surface area contributed by atoms with Crippen molar-refractivity contribution in [2.75, 3.05) is 35.6 Å². The van der Waals surface area contributed by atoms with E-state index in [0.29, 0.717) is 25.0 Å². The lowest BCUT2D eigenvalue weighted by atomic mass is 10.4. The molecule has 2 aromatic heterocycles. The number of rotatable bonds is 5. The van der Waals surface area contributed by atoms with Gasteiger partial charge in [-0.25, -0.2) is 0 Å². The minimum atomic E-state index is 0.241. The molecule has 1 fully saturated rings. The van der Waals surface area contributed by atoms with E-state index < -0.39 is 0 Å². The van der Waals surface area contributed by atoms with Crippen molar-refractivity contribution < 1.29 is 0 Å². The molecule has 1 saturated heterocycles. The molecule has 3 N–H and O–H groups in total. The third-order valence-electron chi connectivity index (χ3n) is 3.13. The van der Waals surface area contributed by atoms with E-state index in [1.54, 1.807) is 17.1 Å². The van der Waals surface area contributed by atoms with Crippen molar-refractivity contribution in [3.8, 4) is 0 Å². The normalized spacial score (nSPS) is 14.7. The minimum absolute atomic E-state index is 0.241. The topological polar surface area (TPSA) is 111 Å². The molecular weight excluding hydrogens is 258 g/mol. The number of hydrogen-bond donors (Lipinski definition) is 2. The second-order valence-electron chi connectivity index (χ2n) is 4.60. The minimum Gasteiger partial charge on any atom is -0.368 e. The van der Waals surface area contributed by atoms with Crippen LogP contribution >= 0.6 is 0 Å². The first-order valence-electron chi connectivity index (χ1n) is 6.66. The van der Waals surface area contributed by atoms with Crippen molar-refractivity contribution >= 4 is 17.8 Å². The van der Waals surface area contributed by atoms with Crippen LogP contribution in [-0.2, 0) is 6.54 Å². The molecule has 9 nitrogen and oxygen atoms in total. The maximum absolute atomic E-state index is 5.74. The molecule has 3 rings (SSSR count). The summed E-state index contributed by atoms with van der Waals surface area (Å²) in [6, 6.07) is 0. The van der Waals surface area contributed by atoms with Gasteiger partial charge in [0.15, 0.2) is 0 Å². The van der Waals surface area contributed by atoms with E-state index >= 15 is 0 Å². The Morgan fingerprint density at radius 3 is 2.80 bits per heavy atom. The molecule has 1 aliphatic heterocycles. The predicted octanol–water partition coefficient (Wildman–Crippen LogP) is -0.242. The molecule has 0 spiro atoms. The Labute approximate surface area is 116 Å². The average molecular weight is 275 g/mol. The Bertz CT molecular complexity index is 547. The molecule has 0 atom stereocenters. The van der Waals surface area contributed by atoms with Crippen LogP contribution in [0.1, 0.15) is 12.8 Å². The summed E-state index contributed by atoms with van der Waals surface area (Å²) >= 11 is 0. The van der Waals surface area contributed by atoms with Gasteiger partial charge in [-0.05, 0) is 12.8 Å². The summed E-state index contributed by atoms with van der Waals surface area (Å²) in [5.74, 6) is 1.39. The average Bonchev–Trinajstić information content (AvgIpc) is 3.11. The third-order valence-corrected chi connectivity index (χ3v) is 3.13. The number of anilines is 3. The maximum Gasteiger partial charge on any atom is 0.231 e. The molecule has 106 valence electrons. The second-order valence-corrected chi connectivity index (χ2v) is 4.60. The van der Waals surface area contributed by atoms with Crippen molar-refractivity contribution in [1.29, 1.82) is 0 Å². The quantitative estimate of drug-likeness (QED) is 0.769. The molecule has 0 aromatic carbocycles. The van der Waals surface area contributed by atoms with Crippen molar-refractivity contribution in [1.82, 2.24) is 29.9 Å². The van der Waals surface area contributed by atoms with E-state index in [-0.39, 0.29) is 5.95 Å². The molecule has 0 unspecified atom stereocenters. The highest BCUT2D eigenvalue weighted by atomic mass is 15.4. The van der Waals surface area contributed by atoms with Gasteiger partial charge in [0.05, 0.1) is 12.7 Å². The van der Waals surface area contributed by atoms with Gasteiger partial charge in [-0.1, -0.05) is 5.21 Å². The van der Waals surface area contributed by atoms with Crippen LogP contribution in [0.25, 0.3) is 0 Å². The van der Waals surface area contributed by atoms with Crippen LogP contribution in [0.4, 0.5) is 17.8 Å². The number of nitrogens with zero attached hydrogens (tertiary/aromatic N) is 7. The summed E-state index contributed by atoms with van der Waals surface area (Å²) in [6.07, 6.45) is 5.78. The van der Waals surface area contributed by atoms with Crippen molar-refractivity contribution in [2.24, 2.45) is 0 Å². The summed E-state index contributed by atoms with van der Waals surface area (Å²) in [7, 11) is 0. The SMILES string of the molecule is Nc1nc(NCCn2ccnn2)nc(N2CCCC2)n1. The smallest absolute Gasteiger partial charge is 0.231 e. The van der Waals surface area contributed by atoms with Gasteiger partial charge in [0.2, 0.25) is 17.8 Å². The van der Waals surface area contributed by atoms with Crippen molar-refractivity contribution in [3.05, 3.63) is 12.4 Å². The van der Waals surface area contributed by atoms with Crippen LogP contribution < -0.4 is 16.0 Å². The number of aromatic nitrogens is 6. The van der Waals surface area contributed by atoms with Crippen molar-refractivity contribution in [2.45, 2.75) is 19.4 Å². The molecule has 0 radical (unpaired) electrons. The lowest BCUT2D eigenvalue weighted by Gasteiger charge is -2.16. The first-order chi connectivity index (χ1) is 9.81. The fourth-order valence-corrected chi connectivity index (χ4v) is 2.15. The number of hydrogen-bond acceptors (Lipinski definition) is 8. The van der Waals surface area contributed by atoms with Crippen molar-refractivity contribution in [3.63, 3.8) is 0 Å². The zero-order valence-electron chi connectivity index (χ0n) is 11.1. The van der Waals surface area contributed by atoms with E-state index in [9.17, 15) is 0 Å². The van der Waals surface area contributed by atoms with Crippen LogP contribution in [0.5, 0.6) is 0 Å². The van der Waals surface area contributed by atoms with Gasteiger partial charge >= 0.3 is 0 Å². The highest BCUT2D eigenvalue weighted by Gasteiger charge is 2.16. The van der Waals surface area contributed by atoms with E-state index in [1.807, 2.05) is 0 Å². The highest BCUT2D eigenvalue weighted by Crippen LogP contribution is 2.17. The van der Waals surface area contributed by atoms with E-state index in [1.165, 1.54) is 12.8 Å². The van der Waals surface area contributed by atoms with E-state index in [0.717, 1.165) is 13.1 Å². The predicted molar refractivity (Wildman–Crippen MR) is 74.2 cm³/mol. The standard InChI is InChI=1S/C11H17N9/c12-9-15-10(13-3-7-20-8-4-14-18-20)17-11(16-9)19-5-1-2-6-19/h4,8H,1-3,5-7H2,(H3,12,13,15,16,17). The molecular formula is C11H17N9. The molecule has 9 heteroatoms. The van der Waals surface area contributed by atoms with Gasteiger partial charge in [0.1, 0.15) is 0 Å². The number of nitrogen functional groups attached to an aromatic ring is 1. The van der Waals surface area contributed by atoms with E-state index in [4.69, 9.17) is 5.73 Å². The molecule has 0 amide bonds. The van der Waals surface area contributed by atoms with Gasteiger partial charge in [0, 0.05) is 25.8 Å². The van der Waals surface area contributed by atoms with Crippen LogP contribution in [0, 0.1) is 0 Å². The first kappa shape index (κ1) is 12.6. The summed E-state index contributed by atoms with van der Waals surface area (Å²) in [4.78, 5) is 14.8. The molecule has 0 bridgehead atoms. The Hall–Kier alpha value is -2.45. The Balaban J connectivity index is 1.63. The van der Waals surface area contributed by atoms with Crippen LogP contribution in [0.15, 0.2) is 12.4 Å². The lowest BCUT2D eigenvalue weighted by molar-refractivity contribution is 0.607. The first-order valence-corrected chi connectivity index (χ1v) is 6.66. The van der Waals surface area contributed by atoms with Gasteiger partial charge in [-0.15, -0.1) is 5.10 Å². The molecule has 20 heavy (non-hydrogen) atoms. The van der Waals surface area contributed by atoms with Gasteiger partial charge in [-0.3, -0.25) is 4.68 Å². The Morgan fingerprint density at radius 1 is 1.20 bits per heavy atom. The highest BCUT2D eigenvalue weighted by molar-refractivity contribution is 5.42. The zero-order chi connectivity index (χ0) is 13.8. The fourth-order valence-electron chi connectivity index (χ4n) is 2.15. The number of nitrogens with two attached hydrogens (primary N) is 1. The zero-order valence-corrected chi connectivity index (χ0v) is 11.1. The second kappa shape index (κ2) is 5.68. The Kier molecular flexibility index (Phi) is 3.57. The molecule has 0 saturated carbocycles. The summed E-state index contributed by atoms with van der Waals surface area (Å²) < 4.78 is 1.74. The van der Waals surface area contributed by atoms with Gasteiger partial charge in [0.25, 0.3) is 0 Å². The maximum atomic E-state index is 5.74. The monoisotopic (exact) mass is 275 g/mol. The summed E-state index contributed by atoms with van der Waals surface area (Å²) in [5, 5.41) is 10.8. The molecule has 0 aliphatic carbocycles. The van der Waals surface area contributed by atoms with E-state index in [2.05, 4.69) is 35.5 Å². The third kappa shape index (κ3) is 2.92. The largest absolute Gasteiger partial charge is 0.368 e. The molecule has 3 heterocycles. The van der Waals surface area contributed by atoms with Gasteiger partial charge in [-0.2, -0.15) is 15.0 Å². The van der Waals surface area contributed by atoms with Crippen LogP contribution in [-0.4, -0.2) is 49.6 Å². The lowest BCUT2D eigenvalue weighted by Crippen LogP contribution is -2.22. The summed E-state index contributed by atoms with van der Waals surface area (Å²) in [5.41, 5.74) is 5.74. The van der Waals surface area contributed by atoms with Gasteiger partial charge < -0.3 is 16.0 Å².